The molecule has 0 saturated heterocycles. The Morgan fingerprint density at radius 2 is 2.25 bits per heavy atom. The number of aryl methyl sites for hydroxylation is 1. The summed E-state index contributed by atoms with van der Waals surface area (Å²) in [5.41, 5.74) is 0.532. The highest BCUT2D eigenvalue weighted by Crippen LogP contribution is 2.20. The number of carbonyl (C=O) groups is 1. The van der Waals surface area contributed by atoms with Crippen LogP contribution in [0.2, 0.25) is 5.02 Å². The monoisotopic (exact) mass is 238 g/mol. The molecule has 0 aliphatic heterocycles. The van der Waals surface area contributed by atoms with E-state index in [4.69, 9.17) is 11.6 Å². The Bertz CT molecular complexity index is 551. The minimum atomic E-state index is -0.489. The molecule has 2 aromatic rings. The van der Waals surface area contributed by atoms with Crippen LogP contribution in [0.15, 0.2) is 30.6 Å². The third-order valence-electron chi connectivity index (χ3n) is 2.14. The summed E-state index contributed by atoms with van der Waals surface area (Å²) in [6.07, 6.45) is 2.98. The van der Waals surface area contributed by atoms with E-state index < -0.39 is 5.82 Å². The summed E-state index contributed by atoms with van der Waals surface area (Å²) in [5.74, 6) is -0.825. The minimum Gasteiger partial charge on any atom is -0.288 e. The molecule has 0 fully saturated rings. The average molecular weight is 239 g/mol. The number of hydrogen-bond donors (Lipinski definition) is 0. The maximum absolute atomic E-state index is 13.0. The number of nitrogens with zero attached hydrogens (tertiary/aromatic N) is 2. The Hall–Kier alpha value is -1.68. The van der Waals surface area contributed by atoms with Gasteiger partial charge in [0.05, 0.1) is 16.8 Å². The molecular weight excluding hydrogens is 231 g/mol. The SMILES string of the molecule is Cn1cc(C(=O)c2cc(F)ccc2Cl)cn1. The lowest BCUT2D eigenvalue weighted by Gasteiger charge is -2.01. The maximum Gasteiger partial charge on any atom is 0.197 e. The van der Waals surface area contributed by atoms with Crippen molar-refractivity contribution in [2.45, 2.75) is 0 Å². The molecule has 5 heteroatoms. The van der Waals surface area contributed by atoms with Gasteiger partial charge in [0.1, 0.15) is 5.82 Å². The van der Waals surface area contributed by atoms with E-state index in [0.717, 1.165) is 6.07 Å². The van der Waals surface area contributed by atoms with E-state index in [1.807, 2.05) is 0 Å². The second-order valence-corrected chi connectivity index (χ2v) is 3.76. The molecule has 0 unspecified atom stereocenters. The predicted molar refractivity (Wildman–Crippen MR) is 58.1 cm³/mol. The van der Waals surface area contributed by atoms with Crippen LogP contribution >= 0.6 is 11.6 Å². The van der Waals surface area contributed by atoms with Crippen molar-refractivity contribution in [3.8, 4) is 0 Å². The second-order valence-electron chi connectivity index (χ2n) is 3.36. The summed E-state index contributed by atoms with van der Waals surface area (Å²) >= 11 is 5.83. The van der Waals surface area contributed by atoms with E-state index in [9.17, 15) is 9.18 Å². The van der Waals surface area contributed by atoms with Crippen LogP contribution in [0.3, 0.4) is 0 Å². The highest BCUT2D eigenvalue weighted by atomic mass is 35.5. The van der Waals surface area contributed by atoms with Gasteiger partial charge in [0.2, 0.25) is 0 Å². The Morgan fingerprint density at radius 3 is 2.88 bits per heavy atom. The van der Waals surface area contributed by atoms with Crippen molar-refractivity contribution < 1.29 is 9.18 Å². The predicted octanol–water partition coefficient (Wildman–Crippen LogP) is 2.44. The number of rotatable bonds is 2. The van der Waals surface area contributed by atoms with Crippen LogP contribution in [0, 0.1) is 5.82 Å². The van der Waals surface area contributed by atoms with Gasteiger partial charge in [-0.25, -0.2) is 4.39 Å². The summed E-state index contributed by atoms with van der Waals surface area (Å²) in [5, 5.41) is 4.11. The quantitative estimate of drug-likeness (QED) is 0.754. The van der Waals surface area contributed by atoms with Crippen molar-refractivity contribution in [1.29, 1.82) is 0 Å². The van der Waals surface area contributed by atoms with E-state index in [1.54, 1.807) is 13.2 Å². The highest BCUT2D eigenvalue weighted by molar-refractivity contribution is 6.34. The lowest BCUT2D eigenvalue weighted by Crippen LogP contribution is -2.01. The molecule has 0 aliphatic rings. The van der Waals surface area contributed by atoms with Crippen LogP contribution in [0.25, 0.3) is 0 Å². The van der Waals surface area contributed by atoms with Crippen LogP contribution in [-0.4, -0.2) is 15.6 Å². The molecule has 1 heterocycles. The number of carbonyl (C=O) groups excluding carboxylic acids is 1. The Morgan fingerprint density at radius 1 is 1.50 bits per heavy atom. The van der Waals surface area contributed by atoms with Crippen molar-refractivity contribution in [2.75, 3.05) is 0 Å². The first-order valence-electron chi connectivity index (χ1n) is 4.56. The Balaban J connectivity index is 2.45. The molecule has 82 valence electrons. The van der Waals surface area contributed by atoms with Gasteiger partial charge in [-0.1, -0.05) is 11.6 Å². The molecule has 0 bridgehead atoms. The first-order chi connectivity index (χ1) is 7.58. The van der Waals surface area contributed by atoms with E-state index >= 15 is 0 Å². The Kier molecular flexibility index (Phi) is 2.75. The highest BCUT2D eigenvalue weighted by Gasteiger charge is 2.15. The van der Waals surface area contributed by atoms with Crippen molar-refractivity contribution >= 4 is 17.4 Å². The fourth-order valence-electron chi connectivity index (χ4n) is 1.37. The first kappa shape index (κ1) is 10.8. The zero-order valence-electron chi connectivity index (χ0n) is 8.45. The van der Waals surface area contributed by atoms with Crippen molar-refractivity contribution in [3.63, 3.8) is 0 Å². The number of benzene rings is 1. The molecule has 0 atom stereocenters. The maximum atomic E-state index is 13.0. The third kappa shape index (κ3) is 1.97. The van der Waals surface area contributed by atoms with Gasteiger partial charge in [0, 0.05) is 18.8 Å². The van der Waals surface area contributed by atoms with Gasteiger partial charge in [0.15, 0.2) is 5.78 Å². The van der Waals surface area contributed by atoms with Gasteiger partial charge in [-0.2, -0.15) is 5.10 Å². The van der Waals surface area contributed by atoms with E-state index in [2.05, 4.69) is 5.10 Å². The number of aromatic nitrogens is 2. The summed E-state index contributed by atoms with van der Waals surface area (Å²) in [7, 11) is 1.70. The second kappa shape index (κ2) is 4.06. The largest absolute Gasteiger partial charge is 0.288 e. The topological polar surface area (TPSA) is 34.9 Å². The van der Waals surface area contributed by atoms with Gasteiger partial charge in [0.25, 0.3) is 0 Å². The van der Waals surface area contributed by atoms with Crippen LogP contribution in [-0.2, 0) is 7.05 Å². The molecule has 1 aromatic carbocycles. The summed E-state index contributed by atoms with van der Waals surface area (Å²) < 4.78 is 14.5. The van der Waals surface area contributed by atoms with E-state index in [-0.39, 0.29) is 16.4 Å². The fourth-order valence-corrected chi connectivity index (χ4v) is 1.57. The van der Waals surface area contributed by atoms with Gasteiger partial charge in [-0.15, -0.1) is 0 Å². The molecule has 0 aliphatic carbocycles. The van der Waals surface area contributed by atoms with Crippen LogP contribution in [0.1, 0.15) is 15.9 Å². The summed E-state index contributed by atoms with van der Waals surface area (Å²) in [6.45, 7) is 0. The van der Waals surface area contributed by atoms with Crippen LogP contribution in [0.4, 0.5) is 4.39 Å². The standard InChI is InChI=1S/C11H8ClFN2O/c1-15-6-7(5-14-15)11(16)9-4-8(13)2-3-10(9)12/h2-6H,1H3. The van der Waals surface area contributed by atoms with Crippen molar-refractivity contribution in [2.24, 2.45) is 7.05 Å². The summed E-state index contributed by atoms with van der Waals surface area (Å²) in [4.78, 5) is 11.9. The Labute approximate surface area is 96.5 Å². The minimum absolute atomic E-state index is 0.148. The molecule has 3 nitrogen and oxygen atoms in total. The molecule has 0 amide bonds. The zero-order valence-corrected chi connectivity index (χ0v) is 9.20. The normalized spacial score (nSPS) is 10.4. The van der Waals surface area contributed by atoms with E-state index in [1.165, 1.54) is 23.0 Å². The molecule has 0 spiro atoms. The fraction of sp³-hybridized carbons (Fsp3) is 0.0909. The molecule has 2 rings (SSSR count). The van der Waals surface area contributed by atoms with Crippen LogP contribution in [0.5, 0.6) is 0 Å². The first-order valence-corrected chi connectivity index (χ1v) is 4.94. The average Bonchev–Trinajstić information content (AvgIpc) is 2.67. The van der Waals surface area contributed by atoms with E-state index in [0.29, 0.717) is 5.56 Å². The molecule has 0 radical (unpaired) electrons. The van der Waals surface area contributed by atoms with Crippen LogP contribution < -0.4 is 0 Å². The smallest absolute Gasteiger partial charge is 0.197 e. The summed E-state index contributed by atoms with van der Waals surface area (Å²) in [6, 6.07) is 3.69. The zero-order chi connectivity index (χ0) is 11.7. The van der Waals surface area contributed by atoms with Crippen molar-refractivity contribution in [3.05, 3.63) is 52.6 Å². The lowest BCUT2D eigenvalue weighted by atomic mass is 10.1. The number of halogens is 2. The number of hydrogen-bond acceptors (Lipinski definition) is 2. The van der Waals surface area contributed by atoms with Gasteiger partial charge >= 0.3 is 0 Å². The number of ketones is 1. The van der Waals surface area contributed by atoms with Crippen molar-refractivity contribution in [1.82, 2.24) is 9.78 Å². The lowest BCUT2D eigenvalue weighted by molar-refractivity contribution is 0.103. The molecule has 1 aromatic heterocycles. The van der Waals surface area contributed by atoms with Gasteiger partial charge in [-0.3, -0.25) is 9.48 Å². The van der Waals surface area contributed by atoms with Gasteiger partial charge in [-0.05, 0) is 18.2 Å². The molecule has 0 saturated carbocycles. The molecular formula is C11H8ClFN2O. The van der Waals surface area contributed by atoms with Gasteiger partial charge < -0.3 is 0 Å². The molecule has 16 heavy (non-hydrogen) atoms. The molecule has 0 N–H and O–H groups in total. The third-order valence-corrected chi connectivity index (χ3v) is 2.47.